The van der Waals surface area contributed by atoms with Crippen LogP contribution in [0.25, 0.3) is 11.8 Å². The Bertz CT molecular complexity index is 1650. The summed E-state index contributed by atoms with van der Waals surface area (Å²) in [4.78, 5) is 33.4. The van der Waals surface area contributed by atoms with Gasteiger partial charge in [-0.3, -0.25) is 9.36 Å². The number of hydrogen-bond acceptors (Lipinski definition) is 8. The van der Waals surface area contributed by atoms with Gasteiger partial charge in [-0.1, -0.05) is 47.7 Å². The van der Waals surface area contributed by atoms with Crippen LogP contribution in [0.4, 0.5) is 0 Å². The van der Waals surface area contributed by atoms with Crippen LogP contribution in [-0.2, 0) is 9.53 Å². The molecule has 0 bridgehead atoms. The highest BCUT2D eigenvalue weighted by Crippen LogP contribution is 2.36. The third-order valence-electron chi connectivity index (χ3n) is 5.91. The van der Waals surface area contributed by atoms with E-state index in [2.05, 4.69) is 0 Å². The topological polar surface area (TPSA) is 79.1 Å². The molecule has 5 rings (SSSR count). The smallest absolute Gasteiger partial charge is 0.338 e. The highest BCUT2D eigenvalue weighted by molar-refractivity contribution is 7.10. The van der Waals surface area contributed by atoms with Crippen molar-refractivity contribution in [3.8, 4) is 11.5 Å². The van der Waals surface area contributed by atoms with Crippen molar-refractivity contribution in [2.45, 2.75) is 13.0 Å². The van der Waals surface area contributed by atoms with Crippen molar-refractivity contribution in [2.75, 3.05) is 20.8 Å². The Morgan fingerprint density at radius 2 is 1.89 bits per heavy atom. The number of carbonyl (C=O) groups excluding carboxylic acids is 1. The molecule has 1 atom stereocenters. The maximum Gasteiger partial charge on any atom is 0.338 e. The van der Waals surface area contributed by atoms with E-state index in [1.807, 2.05) is 60.0 Å². The van der Waals surface area contributed by atoms with Crippen LogP contribution in [0.3, 0.4) is 0 Å². The molecule has 37 heavy (non-hydrogen) atoms. The zero-order valence-corrected chi connectivity index (χ0v) is 22.1. The molecule has 0 unspecified atom stereocenters. The van der Waals surface area contributed by atoms with Gasteiger partial charge in [0.25, 0.3) is 5.56 Å². The number of thiazole rings is 1. The minimum atomic E-state index is -0.662. The number of hydrogen-bond donors (Lipinski definition) is 0. The summed E-state index contributed by atoms with van der Waals surface area (Å²) >= 11 is 2.75. The second-order valence-electron chi connectivity index (χ2n) is 8.05. The zero-order chi connectivity index (χ0) is 25.9. The molecule has 0 spiro atoms. The highest BCUT2D eigenvalue weighted by Gasteiger charge is 2.35. The maximum atomic E-state index is 13.9. The van der Waals surface area contributed by atoms with Crippen molar-refractivity contribution in [3.63, 3.8) is 0 Å². The summed E-state index contributed by atoms with van der Waals surface area (Å²) in [6, 6.07) is 18.1. The fraction of sp³-hybridized carbons (Fsp3) is 0.179. The first kappa shape index (κ1) is 24.7. The fourth-order valence-electron chi connectivity index (χ4n) is 4.24. The summed E-state index contributed by atoms with van der Waals surface area (Å²) in [6.07, 6.45) is 1.78. The van der Waals surface area contributed by atoms with E-state index < -0.39 is 12.0 Å². The van der Waals surface area contributed by atoms with E-state index in [0.29, 0.717) is 32.1 Å². The van der Waals surface area contributed by atoms with Gasteiger partial charge in [0.1, 0.15) is 17.5 Å². The SMILES string of the molecule is CCOC(=O)C1=C(c2ccccc2)N=c2s/c(=C\c3ccc(OC)cc3OC)c(=O)n2[C@H]1c1cccs1. The number of methoxy groups -OCH3 is 2. The van der Waals surface area contributed by atoms with Gasteiger partial charge >= 0.3 is 5.97 Å². The van der Waals surface area contributed by atoms with Gasteiger partial charge in [0.2, 0.25) is 0 Å². The second-order valence-corrected chi connectivity index (χ2v) is 10.0. The quantitative estimate of drug-likeness (QED) is 0.336. The third-order valence-corrected chi connectivity index (χ3v) is 7.82. The van der Waals surface area contributed by atoms with Crippen LogP contribution in [0.5, 0.6) is 11.5 Å². The minimum Gasteiger partial charge on any atom is -0.497 e. The fourth-order valence-corrected chi connectivity index (χ4v) is 6.05. The van der Waals surface area contributed by atoms with Crippen molar-refractivity contribution in [1.29, 1.82) is 0 Å². The van der Waals surface area contributed by atoms with Gasteiger partial charge in [-0.25, -0.2) is 9.79 Å². The molecule has 4 aromatic rings. The van der Waals surface area contributed by atoms with Crippen molar-refractivity contribution in [2.24, 2.45) is 4.99 Å². The summed E-state index contributed by atoms with van der Waals surface area (Å²) in [5, 5.41) is 1.93. The summed E-state index contributed by atoms with van der Waals surface area (Å²) in [6.45, 7) is 1.97. The molecule has 0 saturated heterocycles. The molecular weight excluding hydrogens is 508 g/mol. The molecular formula is C28H24N2O5S2. The first-order chi connectivity index (χ1) is 18.0. The lowest BCUT2D eigenvalue weighted by Crippen LogP contribution is -2.39. The molecule has 2 aromatic heterocycles. The van der Waals surface area contributed by atoms with E-state index in [-0.39, 0.29) is 12.2 Å². The van der Waals surface area contributed by atoms with Gasteiger partial charge in [-0.05, 0) is 36.6 Å². The van der Waals surface area contributed by atoms with E-state index >= 15 is 0 Å². The normalized spacial score (nSPS) is 15.2. The Labute approximate surface area is 221 Å². The lowest BCUT2D eigenvalue weighted by Gasteiger charge is -2.24. The standard InChI is InChI=1S/C28H24N2O5S2/c1-4-35-27(32)23-24(17-9-6-5-7-10-17)29-28-30(25(23)21-11-8-14-36-21)26(31)22(37-28)15-18-12-13-19(33-2)16-20(18)34-3/h5-16,25H,4H2,1-3H3/b22-15-/t25-/m0/s1. The molecule has 0 N–H and O–H groups in total. The number of ether oxygens (including phenoxy) is 3. The molecule has 2 aromatic carbocycles. The van der Waals surface area contributed by atoms with Gasteiger partial charge in [-0.15, -0.1) is 11.3 Å². The Morgan fingerprint density at radius 1 is 1.08 bits per heavy atom. The number of fused-ring (bicyclic) bond motifs is 1. The van der Waals surface area contributed by atoms with Crippen LogP contribution in [0.1, 0.15) is 29.0 Å². The van der Waals surface area contributed by atoms with E-state index in [1.165, 1.54) is 22.7 Å². The van der Waals surface area contributed by atoms with E-state index in [1.54, 1.807) is 37.9 Å². The van der Waals surface area contributed by atoms with Gasteiger partial charge in [0, 0.05) is 22.1 Å². The lowest BCUT2D eigenvalue weighted by atomic mass is 9.97. The lowest BCUT2D eigenvalue weighted by molar-refractivity contribution is -0.138. The van der Waals surface area contributed by atoms with Gasteiger partial charge < -0.3 is 14.2 Å². The summed E-state index contributed by atoms with van der Waals surface area (Å²) in [7, 11) is 3.16. The zero-order valence-electron chi connectivity index (χ0n) is 20.5. The van der Waals surface area contributed by atoms with Gasteiger partial charge in [0.15, 0.2) is 4.80 Å². The van der Waals surface area contributed by atoms with Crippen LogP contribution >= 0.6 is 22.7 Å². The van der Waals surface area contributed by atoms with Crippen LogP contribution in [0.15, 0.2) is 81.4 Å². The summed E-state index contributed by atoms with van der Waals surface area (Å²) < 4.78 is 18.4. The average Bonchev–Trinajstić information content (AvgIpc) is 3.57. The first-order valence-corrected chi connectivity index (χ1v) is 13.3. The number of carbonyl (C=O) groups is 1. The molecule has 0 aliphatic carbocycles. The average molecular weight is 533 g/mol. The summed E-state index contributed by atoms with van der Waals surface area (Å²) in [5.74, 6) is 0.742. The molecule has 1 aliphatic rings. The number of esters is 1. The monoisotopic (exact) mass is 532 g/mol. The number of rotatable bonds is 7. The predicted molar refractivity (Wildman–Crippen MR) is 145 cm³/mol. The first-order valence-electron chi connectivity index (χ1n) is 11.6. The molecule has 0 amide bonds. The highest BCUT2D eigenvalue weighted by atomic mass is 32.1. The van der Waals surface area contributed by atoms with Crippen molar-refractivity contribution >= 4 is 40.4 Å². The van der Waals surface area contributed by atoms with E-state index in [0.717, 1.165) is 16.0 Å². The molecule has 0 radical (unpaired) electrons. The number of thiophene rings is 1. The Morgan fingerprint density at radius 3 is 2.57 bits per heavy atom. The maximum absolute atomic E-state index is 13.9. The molecule has 1 aliphatic heterocycles. The number of nitrogens with zero attached hydrogens (tertiary/aromatic N) is 2. The Balaban J connectivity index is 1.79. The predicted octanol–water partition coefficient (Wildman–Crippen LogP) is 4.01. The van der Waals surface area contributed by atoms with E-state index in [9.17, 15) is 9.59 Å². The van der Waals surface area contributed by atoms with Crippen LogP contribution in [0, 0.1) is 0 Å². The minimum absolute atomic E-state index is 0.212. The molecule has 0 saturated carbocycles. The second kappa shape index (κ2) is 10.6. The molecule has 188 valence electrons. The molecule has 7 nitrogen and oxygen atoms in total. The third kappa shape index (κ3) is 4.63. The molecule has 0 fully saturated rings. The van der Waals surface area contributed by atoms with E-state index in [4.69, 9.17) is 19.2 Å². The summed E-state index contributed by atoms with van der Waals surface area (Å²) in [5.41, 5.74) is 2.12. The molecule has 9 heteroatoms. The van der Waals surface area contributed by atoms with Crippen molar-refractivity contribution in [1.82, 2.24) is 4.57 Å². The van der Waals surface area contributed by atoms with Gasteiger partial charge in [-0.2, -0.15) is 0 Å². The Hall–Kier alpha value is -3.95. The largest absolute Gasteiger partial charge is 0.497 e. The van der Waals surface area contributed by atoms with Crippen LogP contribution in [0.2, 0.25) is 0 Å². The molecule has 3 heterocycles. The van der Waals surface area contributed by atoms with Crippen LogP contribution in [-0.4, -0.2) is 31.4 Å². The Kier molecular flexibility index (Phi) is 7.07. The van der Waals surface area contributed by atoms with Crippen molar-refractivity contribution < 1.29 is 19.0 Å². The van der Waals surface area contributed by atoms with Crippen molar-refractivity contribution in [3.05, 3.63) is 107 Å². The number of benzene rings is 2. The van der Waals surface area contributed by atoms with Crippen LogP contribution < -0.4 is 24.4 Å². The van der Waals surface area contributed by atoms with Gasteiger partial charge in [0.05, 0.1) is 36.6 Å². The number of aromatic nitrogens is 1.